The van der Waals surface area contributed by atoms with Gasteiger partial charge in [0, 0.05) is 19.6 Å². The first-order valence-corrected chi connectivity index (χ1v) is 8.48. The van der Waals surface area contributed by atoms with Gasteiger partial charge in [-0.1, -0.05) is 26.0 Å². The highest BCUT2D eigenvalue weighted by Gasteiger charge is 2.20. The molecule has 0 spiro atoms. The second kappa shape index (κ2) is 7.61. The summed E-state index contributed by atoms with van der Waals surface area (Å²) in [7, 11) is -3.46. The number of sulfonamides is 1. The van der Waals surface area contributed by atoms with E-state index in [2.05, 4.69) is 16.5 Å². The molecule has 0 aliphatic rings. The van der Waals surface area contributed by atoms with Crippen LogP contribution in [0.15, 0.2) is 29.2 Å². The Morgan fingerprint density at radius 2 is 1.95 bits per heavy atom. The molecule has 0 aliphatic carbocycles. The fourth-order valence-electron chi connectivity index (χ4n) is 2.06. The van der Waals surface area contributed by atoms with Gasteiger partial charge in [-0.2, -0.15) is 0 Å². The number of anilines is 1. The number of nitrogens with one attached hydrogen (secondary N) is 1. The van der Waals surface area contributed by atoms with Crippen molar-refractivity contribution in [2.24, 2.45) is 11.7 Å². The highest BCUT2D eigenvalue weighted by atomic mass is 32.2. The maximum atomic E-state index is 12.3. The molecule has 0 radical (unpaired) electrons. The lowest BCUT2D eigenvalue weighted by Crippen LogP contribution is -2.33. The van der Waals surface area contributed by atoms with Gasteiger partial charge in [-0.25, -0.2) is 13.1 Å². The smallest absolute Gasteiger partial charge is 0.242 e. The van der Waals surface area contributed by atoms with Crippen LogP contribution in [-0.2, 0) is 10.0 Å². The molecule has 114 valence electrons. The van der Waals surface area contributed by atoms with Crippen LogP contribution >= 0.6 is 0 Å². The predicted octanol–water partition coefficient (Wildman–Crippen LogP) is 1.41. The van der Waals surface area contributed by atoms with Gasteiger partial charge in [-0.05, 0) is 31.5 Å². The van der Waals surface area contributed by atoms with E-state index >= 15 is 0 Å². The van der Waals surface area contributed by atoms with Crippen molar-refractivity contribution >= 4 is 15.7 Å². The maximum Gasteiger partial charge on any atom is 0.242 e. The van der Waals surface area contributed by atoms with Crippen LogP contribution in [0.2, 0.25) is 0 Å². The first kappa shape index (κ1) is 16.9. The summed E-state index contributed by atoms with van der Waals surface area (Å²) in [6, 6.07) is 7.09. The molecule has 0 fully saturated rings. The fourth-order valence-corrected chi connectivity index (χ4v) is 3.33. The average molecular weight is 299 g/mol. The number of nitrogens with two attached hydrogens (primary N) is 1. The minimum absolute atomic E-state index is 0.310. The van der Waals surface area contributed by atoms with Crippen molar-refractivity contribution in [2.45, 2.75) is 25.7 Å². The third kappa shape index (κ3) is 4.19. The highest BCUT2D eigenvalue weighted by Crippen LogP contribution is 2.25. The molecule has 1 unspecified atom stereocenters. The molecule has 1 rings (SSSR count). The molecular weight excluding hydrogens is 274 g/mol. The molecule has 0 bridgehead atoms. The van der Waals surface area contributed by atoms with Gasteiger partial charge in [0.1, 0.15) is 4.90 Å². The summed E-state index contributed by atoms with van der Waals surface area (Å²) in [6.45, 7) is 8.29. The van der Waals surface area contributed by atoms with E-state index in [0.29, 0.717) is 23.9 Å². The molecule has 1 aromatic rings. The van der Waals surface area contributed by atoms with Crippen molar-refractivity contribution in [3.05, 3.63) is 24.3 Å². The lowest BCUT2D eigenvalue weighted by Gasteiger charge is -2.28. The lowest BCUT2D eigenvalue weighted by atomic mass is 10.1. The zero-order chi connectivity index (χ0) is 15.2. The number of para-hydroxylation sites is 1. The highest BCUT2D eigenvalue weighted by molar-refractivity contribution is 7.89. The van der Waals surface area contributed by atoms with Crippen LogP contribution in [0.1, 0.15) is 20.8 Å². The van der Waals surface area contributed by atoms with Crippen LogP contribution in [-0.4, -0.2) is 34.6 Å². The summed E-state index contributed by atoms with van der Waals surface area (Å²) < 4.78 is 27.1. The molecule has 0 aromatic heterocycles. The van der Waals surface area contributed by atoms with Crippen LogP contribution in [0.25, 0.3) is 0 Å². The minimum atomic E-state index is -3.46. The first-order valence-electron chi connectivity index (χ1n) is 6.99. The second-order valence-electron chi connectivity index (χ2n) is 4.85. The summed E-state index contributed by atoms with van der Waals surface area (Å²) in [5.41, 5.74) is 6.40. The van der Waals surface area contributed by atoms with Gasteiger partial charge >= 0.3 is 0 Å². The summed E-state index contributed by atoms with van der Waals surface area (Å²) in [5.74, 6) is 0.310. The third-order valence-electron chi connectivity index (χ3n) is 3.15. The number of nitrogens with zero attached hydrogens (tertiary/aromatic N) is 1. The van der Waals surface area contributed by atoms with Crippen molar-refractivity contribution in [2.75, 3.05) is 31.1 Å². The number of hydrogen-bond donors (Lipinski definition) is 2. The molecule has 0 saturated carbocycles. The summed E-state index contributed by atoms with van der Waals surface area (Å²) >= 11 is 0. The van der Waals surface area contributed by atoms with Crippen molar-refractivity contribution in [3.8, 4) is 0 Å². The molecule has 0 heterocycles. The molecular formula is C14H25N3O2S. The first-order chi connectivity index (χ1) is 9.46. The molecule has 6 heteroatoms. The molecule has 1 aromatic carbocycles. The third-order valence-corrected chi connectivity index (χ3v) is 4.74. The van der Waals surface area contributed by atoms with E-state index in [9.17, 15) is 8.42 Å². The van der Waals surface area contributed by atoms with Crippen LogP contribution < -0.4 is 15.4 Å². The Bertz CT molecular complexity index is 517. The molecule has 0 saturated heterocycles. The standard InChI is InChI=1S/C14H25N3O2S/c1-4-16-20(18,19)14-9-7-6-8-13(14)17(5-2)11-12(3)10-15/h6-9,12,16H,4-5,10-11,15H2,1-3H3. The summed E-state index contributed by atoms with van der Waals surface area (Å²) in [5, 5.41) is 0. The van der Waals surface area contributed by atoms with Gasteiger partial charge < -0.3 is 10.6 Å². The normalized spacial score (nSPS) is 13.2. The monoisotopic (exact) mass is 299 g/mol. The van der Waals surface area contributed by atoms with Gasteiger partial charge in [-0.3, -0.25) is 0 Å². The van der Waals surface area contributed by atoms with Crippen molar-refractivity contribution in [1.29, 1.82) is 0 Å². The van der Waals surface area contributed by atoms with Crippen LogP contribution in [0, 0.1) is 5.92 Å². The van der Waals surface area contributed by atoms with E-state index in [4.69, 9.17) is 5.73 Å². The number of rotatable bonds is 8. The van der Waals surface area contributed by atoms with Gasteiger partial charge in [0.05, 0.1) is 5.69 Å². The molecule has 20 heavy (non-hydrogen) atoms. The maximum absolute atomic E-state index is 12.3. The predicted molar refractivity (Wildman–Crippen MR) is 83.4 cm³/mol. The molecule has 1 atom stereocenters. The van der Waals surface area contributed by atoms with E-state index in [-0.39, 0.29) is 0 Å². The van der Waals surface area contributed by atoms with Gasteiger partial charge in [0.25, 0.3) is 0 Å². The fraction of sp³-hybridized carbons (Fsp3) is 0.571. The minimum Gasteiger partial charge on any atom is -0.370 e. The molecule has 5 nitrogen and oxygen atoms in total. The van der Waals surface area contributed by atoms with Gasteiger partial charge in [0.15, 0.2) is 0 Å². The summed E-state index contributed by atoms with van der Waals surface area (Å²) in [6.07, 6.45) is 0. The zero-order valence-corrected chi connectivity index (χ0v) is 13.3. The molecule has 0 amide bonds. The van der Waals surface area contributed by atoms with E-state index in [1.807, 2.05) is 19.1 Å². The molecule has 3 N–H and O–H groups in total. The molecule has 0 aliphatic heterocycles. The van der Waals surface area contributed by atoms with Crippen LogP contribution in [0.4, 0.5) is 5.69 Å². The Morgan fingerprint density at radius 3 is 2.50 bits per heavy atom. The van der Waals surface area contributed by atoms with E-state index in [1.54, 1.807) is 19.1 Å². The summed E-state index contributed by atoms with van der Waals surface area (Å²) in [4.78, 5) is 2.38. The van der Waals surface area contributed by atoms with Crippen molar-refractivity contribution in [3.63, 3.8) is 0 Å². The lowest BCUT2D eigenvalue weighted by molar-refractivity contribution is 0.568. The van der Waals surface area contributed by atoms with Gasteiger partial charge in [0.2, 0.25) is 10.0 Å². The van der Waals surface area contributed by atoms with Crippen LogP contribution in [0.3, 0.4) is 0 Å². The topological polar surface area (TPSA) is 75.4 Å². The van der Waals surface area contributed by atoms with E-state index in [1.165, 1.54) is 0 Å². The SMILES string of the molecule is CCNS(=O)(=O)c1ccccc1N(CC)CC(C)CN. The zero-order valence-electron chi connectivity index (χ0n) is 12.5. The average Bonchev–Trinajstić information content (AvgIpc) is 2.44. The Morgan fingerprint density at radius 1 is 1.30 bits per heavy atom. The van der Waals surface area contributed by atoms with E-state index < -0.39 is 10.0 Å². The second-order valence-corrected chi connectivity index (χ2v) is 6.58. The van der Waals surface area contributed by atoms with Gasteiger partial charge in [-0.15, -0.1) is 0 Å². The Kier molecular flexibility index (Phi) is 6.45. The number of benzene rings is 1. The quantitative estimate of drug-likeness (QED) is 0.761. The Hall–Kier alpha value is -1.11. The Labute approximate surface area is 122 Å². The number of hydrogen-bond acceptors (Lipinski definition) is 4. The largest absolute Gasteiger partial charge is 0.370 e. The Balaban J connectivity index is 3.17. The van der Waals surface area contributed by atoms with Crippen molar-refractivity contribution < 1.29 is 8.42 Å². The van der Waals surface area contributed by atoms with Crippen molar-refractivity contribution in [1.82, 2.24) is 4.72 Å². The van der Waals surface area contributed by atoms with Crippen LogP contribution in [0.5, 0.6) is 0 Å². The van der Waals surface area contributed by atoms with E-state index in [0.717, 1.165) is 18.8 Å².